The Morgan fingerprint density at radius 1 is 1.44 bits per heavy atom. The average molecular weight is 250 g/mol. The third-order valence-electron chi connectivity index (χ3n) is 3.19. The van der Waals surface area contributed by atoms with E-state index in [-0.39, 0.29) is 19.1 Å². The third-order valence-corrected chi connectivity index (χ3v) is 3.19. The number of fused-ring (bicyclic) bond motifs is 1. The highest BCUT2D eigenvalue weighted by atomic mass is 16.7. The zero-order chi connectivity index (χ0) is 13.0. The topological polar surface area (TPSA) is 55.8 Å². The fourth-order valence-corrected chi connectivity index (χ4v) is 2.30. The Balaban J connectivity index is 2.24. The molecule has 0 radical (unpaired) electrons. The number of ether oxygens (including phenoxy) is 2. The largest absolute Gasteiger partial charge is 0.481 e. The summed E-state index contributed by atoms with van der Waals surface area (Å²) in [7, 11) is 0. The molecule has 1 atom stereocenters. The first-order valence-corrected chi connectivity index (χ1v) is 6.32. The molecule has 1 aliphatic rings. The van der Waals surface area contributed by atoms with E-state index < -0.39 is 5.97 Å². The molecule has 0 fully saturated rings. The van der Waals surface area contributed by atoms with Gasteiger partial charge in [0.15, 0.2) is 11.5 Å². The van der Waals surface area contributed by atoms with Gasteiger partial charge in [0.2, 0.25) is 6.79 Å². The first-order chi connectivity index (χ1) is 8.72. The lowest BCUT2D eigenvalue weighted by molar-refractivity contribution is -0.137. The Hall–Kier alpha value is -1.71. The fourth-order valence-electron chi connectivity index (χ4n) is 2.30. The Kier molecular flexibility index (Phi) is 4.07. The monoisotopic (exact) mass is 250 g/mol. The van der Waals surface area contributed by atoms with E-state index >= 15 is 0 Å². The van der Waals surface area contributed by atoms with Crippen molar-refractivity contribution in [1.82, 2.24) is 0 Å². The van der Waals surface area contributed by atoms with E-state index in [1.165, 1.54) is 0 Å². The van der Waals surface area contributed by atoms with Crippen molar-refractivity contribution in [2.45, 2.75) is 38.5 Å². The number of carboxylic acids is 1. The zero-order valence-electron chi connectivity index (χ0n) is 10.5. The second kappa shape index (κ2) is 5.76. The van der Waals surface area contributed by atoms with Crippen LogP contribution in [0.4, 0.5) is 0 Å². The summed E-state index contributed by atoms with van der Waals surface area (Å²) >= 11 is 0. The highest BCUT2D eigenvalue weighted by Crippen LogP contribution is 2.41. The van der Waals surface area contributed by atoms with Gasteiger partial charge in [0.1, 0.15) is 0 Å². The summed E-state index contributed by atoms with van der Waals surface area (Å²) in [5.41, 5.74) is 0.959. The Bertz CT molecular complexity index is 428. The van der Waals surface area contributed by atoms with E-state index in [4.69, 9.17) is 14.6 Å². The number of carboxylic acid groups (broad SMARTS) is 1. The van der Waals surface area contributed by atoms with Gasteiger partial charge in [-0.25, -0.2) is 0 Å². The van der Waals surface area contributed by atoms with E-state index in [0.717, 1.165) is 36.3 Å². The summed E-state index contributed by atoms with van der Waals surface area (Å²) in [5.74, 6) is 0.672. The standard InChI is InChI=1S/C14H18O4/c1-2-3-5-10(8-13(15)16)11-6-4-7-12-14(11)18-9-17-12/h4,6-7,10H,2-3,5,8-9H2,1H3,(H,15,16). The maximum absolute atomic E-state index is 11.0. The van der Waals surface area contributed by atoms with Crippen LogP contribution in [0.3, 0.4) is 0 Å². The molecule has 1 aromatic carbocycles. The van der Waals surface area contributed by atoms with Crippen LogP contribution in [-0.2, 0) is 4.79 Å². The number of rotatable bonds is 6. The Morgan fingerprint density at radius 2 is 2.28 bits per heavy atom. The normalized spacial score (nSPS) is 14.5. The minimum absolute atomic E-state index is 0.000833. The number of benzene rings is 1. The molecule has 0 bridgehead atoms. The van der Waals surface area contributed by atoms with Gasteiger partial charge >= 0.3 is 5.97 Å². The van der Waals surface area contributed by atoms with E-state index in [1.54, 1.807) is 0 Å². The van der Waals surface area contributed by atoms with Crippen molar-refractivity contribution in [3.63, 3.8) is 0 Å². The van der Waals surface area contributed by atoms with Crippen LogP contribution in [0.2, 0.25) is 0 Å². The molecule has 1 unspecified atom stereocenters. The van der Waals surface area contributed by atoms with E-state index in [2.05, 4.69) is 6.92 Å². The number of aliphatic carboxylic acids is 1. The van der Waals surface area contributed by atoms with Gasteiger partial charge < -0.3 is 14.6 Å². The van der Waals surface area contributed by atoms with Crippen molar-refractivity contribution >= 4 is 5.97 Å². The SMILES string of the molecule is CCCCC(CC(=O)O)c1cccc2c1OCO2. The minimum atomic E-state index is -0.771. The first-order valence-electron chi connectivity index (χ1n) is 6.32. The number of unbranched alkanes of at least 4 members (excludes halogenated alkanes) is 1. The molecule has 4 heteroatoms. The summed E-state index contributed by atoms with van der Waals surface area (Å²) in [6, 6.07) is 5.68. The van der Waals surface area contributed by atoms with Crippen LogP contribution in [0, 0.1) is 0 Å². The highest BCUT2D eigenvalue weighted by molar-refractivity contribution is 5.68. The van der Waals surface area contributed by atoms with Gasteiger partial charge in [0.05, 0.1) is 6.42 Å². The number of carbonyl (C=O) groups is 1. The van der Waals surface area contributed by atoms with Crippen LogP contribution in [0.25, 0.3) is 0 Å². The fraction of sp³-hybridized carbons (Fsp3) is 0.500. The second-order valence-electron chi connectivity index (χ2n) is 4.52. The molecule has 0 saturated carbocycles. The van der Waals surface area contributed by atoms with Crippen molar-refractivity contribution in [3.8, 4) is 11.5 Å². The molecule has 98 valence electrons. The summed E-state index contributed by atoms with van der Waals surface area (Å²) in [5, 5.41) is 9.02. The summed E-state index contributed by atoms with van der Waals surface area (Å²) in [4.78, 5) is 11.0. The predicted molar refractivity (Wildman–Crippen MR) is 67.1 cm³/mol. The molecule has 0 amide bonds. The summed E-state index contributed by atoms with van der Waals surface area (Å²) in [6.45, 7) is 2.33. The minimum Gasteiger partial charge on any atom is -0.481 e. The van der Waals surface area contributed by atoms with E-state index in [1.807, 2.05) is 18.2 Å². The van der Waals surface area contributed by atoms with Gasteiger partial charge in [-0.3, -0.25) is 4.79 Å². The van der Waals surface area contributed by atoms with Gasteiger partial charge in [-0.2, -0.15) is 0 Å². The van der Waals surface area contributed by atoms with Crippen LogP contribution in [-0.4, -0.2) is 17.9 Å². The van der Waals surface area contributed by atoms with Crippen molar-refractivity contribution in [2.75, 3.05) is 6.79 Å². The molecule has 0 spiro atoms. The maximum Gasteiger partial charge on any atom is 0.303 e. The smallest absolute Gasteiger partial charge is 0.303 e. The second-order valence-corrected chi connectivity index (χ2v) is 4.52. The van der Waals surface area contributed by atoms with Crippen LogP contribution in [0.1, 0.15) is 44.1 Å². The average Bonchev–Trinajstić information content (AvgIpc) is 2.82. The van der Waals surface area contributed by atoms with Crippen molar-refractivity contribution in [3.05, 3.63) is 23.8 Å². The highest BCUT2D eigenvalue weighted by Gasteiger charge is 2.24. The van der Waals surface area contributed by atoms with Gasteiger partial charge in [0.25, 0.3) is 0 Å². The Labute approximate surface area is 107 Å². The van der Waals surface area contributed by atoms with Gasteiger partial charge in [-0.05, 0) is 18.4 Å². The van der Waals surface area contributed by atoms with Crippen molar-refractivity contribution in [1.29, 1.82) is 0 Å². The maximum atomic E-state index is 11.0. The molecule has 4 nitrogen and oxygen atoms in total. The quantitative estimate of drug-likeness (QED) is 0.842. The third kappa shape index (κ3) is 2.75. The molecule has 1 aromatic rings. The van der Waals surface area contributed by atoms with Gasteiger partial charge in [-0.1, -0.05) is 31.9 Å². The number of para-hydroxylation sites is 1. The molecular weight excluding hydrogens is 232 g/mol. The van der Waals surface area contributed by atoms with E-state index in [9.17, 15) is 4.79 Å². The molecule has 1 aliphatic heterocycles. The molecule has 0 saturated heterocycles. The van der Waals surface area contributed by atoms with Gasteiger partial charge in [0, 0.05) is 5.56 Å². The molecule has 1 heterocycles. The van der Waals surface area contributed by atoms with Crippen LogP contribution < -0.4 is 9.47 Å². The van der Waals surface area contributed by atoms with Gasteiger partial charge in [-0.15, -0.1) is 0 Å². The molecule has 0 aliphatic carbocycles. The molecule has 2 rings (SSSR count). The Morgan fingerprint density at radius 3 is 3.00 bits per heavy atom. The summed E-state index contributed by atoms with van der Waals surface area (Å²) in [6.07, 6.45) is 3.08. The zero-order valence-corrected chi connectivity index (χ0v) is 10.5. The van der Waals surface area contributed by atoms with Crippen molar-refractivity contribution < 1.29 is 19.4 Å². The van der Waals surface area contributed by atoms with Crippen LogP contribution >= 0.6 is 0 Å². The molecular formula is C14H18O4. The lowest BCUT2D eigenvalue weighted by Crippen LogP contribution is -2.07. The molecule has 0 aromatic heterocycles. The lowest BCUT2D eigenvalue weighted by atomic mass is 9.90. The van der Waals surface area contributed by atoms with Crippen LogP contribution in [0.15, 0.2) is 18.2 Å². The van der Waals surface area contributed by atoms with Crippen LogP contribution in [0.5, 0.6) is 11.5 Å². The number of hydrogen-bond acceptors (Lipinski definition) is 3. The van der Waals surface area contributed by atoms with E-state index in [0.29, 0.717) is 0 Å². The summed E-state index contributed by atoms with van der Waals surface area (Å²) < 4.78 is 10.8. The molecule has 18 heavy (non-hydrogen) atoms. The predicted octanol–water partition coefficient (Wildman–Crippen LogP) is 3.16. The lowest BCUT2D eigenvalue weighted by Gasteiger charge is -2.16. The first kappa shape index (κ1) is 12.7. The molecule has 1 N–H and O–H groups in total. The number of hydrogen-bond donors (Lipinski definition) is 1. The van der Waals surface area contributed by atoms with Crippen molar-refractivity contribution in [2.24, 2.45) is 0 Å².